The van der Waals surface area contributed by atoms with Gasteiger partial charge in [-0.2, -0.15) is 0 Å². The first kappa shape index (κ1) is 16.9. The SMILES string of the molecule is COC(=O)[C@H](Cc1ccccc1[N+](=O)[O-])NC(=O)[C@@H]1CCCO1. The smallest absolute Gasteiger partial charge is 0.328 e. The highest BCUT2D eigenvalue weighted by Gasteiger charge is 2.30. The van der Waals surface area contributed by atoms with Gasteiger partial charge in [-0.3, -0.25) is 14.9 Å². The Morgan fingerprint density at radius 3 is 2.83 bits per heavy atom. The Bertz CT molecular complexity index is 597. The van der Waals surface area contributed by atoms with E-state index >= 15 is 0 Å². The Hall–Kier alpha value is -2.48. The molecule has 0 unspecified atom stereocenters. The number of nitro groups is 1. The zero-order valence-electron chi connectivity index (χ0n) is 12.7. The van der Waals surface area contributed by atoms with Crippen LogP contribution in [0.1, 0.15) is 18.4 Å². The molecule has 124 valence electrons. The Labute approximate surface area is 132 Å². The summed E-state index contributed by atoms with van der Waals surface area (Å²) in [6.07, 6.45) is 0.756. The molecule has 1 aromatic carbocycles. The van der Waals surface area contributed by atoms with Gasteiger partial charge in [-0.1, -0.05) is 18.2 Å². The summed E-state index contributed by atoms with van der Waals surface area (Å²) in [6.45, 7) is 0.505. The standard InChI is InChI=1S/C15H18N2O6/c1-22-15(19)11(16-14(18)13-7-4-8-23-13)9-10-5-2-3-6-12(10)17(20)21/h2-3,5-6,11,13H,4,7-9H2,1H3,(H,16,18)/t11-,13-/m0/s1. The van der Waals surface area contributed by atoms with Crippen LogP contribution in [0.15, 0.2) is 24.3 Å². The number of carbonyl (C=O) groups excluding carboxylic acids is 2. The van der Waals surface area contributed by atoms with Gasteiger partial charge in [0.25, 0.3) is 5.69 Å². The number of amides is 1. The molecule has 0 aliphatic carbocycles. The molecule has 0 aromatic heterocycles. The van der Waals surface area contributed by atoms with Crippen molar-refractivity contribution < 1.29 is 24.0 Å². The van der Waals surface area contributed by atoms with E-state index in [4.69, 9.17) is 4.74 Å². The van der Waals surface area contributed by atoms with Crippen molar-refractivity contribution in [1.29, 1.82) is 0 Å². The Balaban J connectivity index is 2.14. The second kappa shape index (κ2) is 7.68. The molecule has 1 N–H and O–H groups in total. The Kier molecular flexibility index (Phi) is 5.64. The van der Waals surface area contributed by atoms with Crippen molar-refractivity contribution in [3.63, 3.8) is 0 Å². The molecule has 1 amide bonds. The third-order valence-corrected chi connectivity index (χ3v) is 3.64. The largest absolute Gasteiger partial charge is 0.467 e. The van der Waals surface area contributed by atoms with Gasteiger partial charge >= 0.3 is 5.97 Å². The third kappa shape index (κ3) is 4.26. The molecular formula is C15H18N2O6. The lowest BCUT2D eigenvalue weighted by atomic mass is 10.0. The van der Waals surface area contributed by atoms with Gasteiger partial charge < -0.3 is 14.8 Å². The molecule has 1 saturated heterocycles. The van der Waals surface area contributed by atoms with Crippen molar-refractivity contribution in [2.45, 2.75) is 31.4 Å². The van der Waals surface area contributed by atoms with Gasteiger partial charge in [0, 0.05) is 24.7 Å². The number of nitro benzene ring substituents is 1. The van der Waals surface area contributed by atoms with Crippen molar-refractivity contribution >= 4 is 17.6 Å². The first-order valence-electron chi connectivity index (χ1n) is 7.25. The van der Waals surface area contributed by atoms with E-state index in [0.717, 1.165) is 6.42 Å². The van der Waals surface area contributed by atoms with E-state index < -0.39 is 28.9 Å². The lowest BCUT2D eigenvalue weighted by Crippen LogP contribution is -2.47. The van der Waals surface area contributed by atoms with E-state index in [1.165, 1.54) is 13.2 Å². The van der Waals surface area contributed by atoms with Crippen molar-refractivity contribution in [2.75, 3.05) is 13.7 Å². The first-order chi connectivity index (χ1) is 11.0. The third-order valence-electron chi connectivity index (χ3n) is 3.64. The quantitative estimate of drug-likeness (QED) is 0.475. The molecule has 1 heterocycles. The second-order valence-electron chi connectivity index (χ2n) is 5.18. The minimum Gasteiger partial charge on any atom is -0.467 e. The van der Waals surface area contributed by atoms with E-state index in [2.05, 4.69) is 10.1 Å². The first-order valence-corrected chi connectivity index (χ1v) is 7.25. The fourth-order valence-electron chi connectivity index (χ4n) is 2.47. The lowest BCUT2D eigenvalue weighted by Gasteiger charge is -2.18. The zero-order chi connectivity index (χ0) is 16.8. The average Bonchev–Trinajstić information content (AvgIpc) is 3.08. The monoisotopic (exact) mass is 322 g/mol. The van der Waals surface area contributed by atoms with Gasteiger partial charge in [0.1, 0.15) is 12.1 Å². The van der Waals surface area contributed by atoms with Gasteiger partial charge in [-0.15, -0.1) is 0 Å². The van der Waals surface area contributed by atoms with Crippen LogP contribution in [0.3, 0.4) is 0 Å². The number of esters is 1. The highest BCUT2D eigenvalue weighted by atomic mass is 16.6. The number of hydrogen-bond acceptors (Lipinski definition) is 6. The topological polar surface area (TPSA) is 108 Å². The van der Waals surface area contributed by atoms with Gasteiger partial charge in [0.15, 0.2) is 0 Å². The maximum Gasteiger partial charge on any atom is 0.328 e. The number of para-hydroxylation sites is 1. The molecule has 1 aliphatic rings. The summed E-state index contributed by atoms with van der Waals surface area (Å²) in [6, 6.07) is 5.08. The predicted molar refractivity (Wildman–Crippen MR) is 79.7 cm³/mol. The molecule has 0 saturated carbocycles. The second-order valence-corrected chi connectivity index (χ2v) is 5.18. The molecule has 2 atom stereocenters. The van der Waals surface area contributed by atoms with Crippen molar-refractivity contribution in [1.82, 2.24) is 5.32 Å². The van der Waals surface area contributed by atoms with Crippen LogP contribution in [-0.4, -0.2) is 42.7 Å². The summed E-state index contributed by atoms with van der Waals surface area (Å²) < 4.78 is 9.95. The van der Waals surface area contributed by atoms with Crippen LogP contribution in [0.25, 0.3) is 0 Å². The van der Waals surface area contributed by atoms with Crippen LogP contribution < -0.4 is 5.32 Å². The average molecular weight is 322 g/mol. The lowest BCUT2D eigenvalue weighted by molar-refractivity contribution is -0.385. The number of hydrogen-bond donors (Lipinski definition) is 1. The van der Waals surface area contributed by atoms with Crippen molar-refractivity contribution in [3.05, 3.63) is 39.9 Å². The maximum atomic E-state index is 12.1. The van der Waals surface area contributed by atoms with Crippen molar-refractivity contribution in [3.8, 4) is 0 Å². The van der Waals surface area contributed by atoms with Gasteiger partial charge in [0.2, 0.25) is 5.91 Å². The molecule has 0 radical (unpaired) electrons. The molecule has 1 aromatic rings. The van der Waals surface area contributed by atoms with E-state index in [-0.39, 0.29) is 12.1 Å². The molecule has 1 aliphatic heterocycles. The molecular weight excluding hydrogens is 304 g/mol. The number of methoxy groups -OCH3 is 1. The summed E-state index contributed by atoms with van der Waals surface area (Å²) in [5.74, 6) is -1.06. The Morgan fingerprint density at radius 2 is 2.22 bits per heavy atom. The summed E-state index contributed by atoms with van der Waals surface area (Å²) in [4.78, 5) is 34.5. The predicted octanol–water partition coefficient (Wildman–Crippen LogP) is 0.974. The normalized spacial score (nSPS) is 18.2. The zero-order valence-corrected chi connectivity index (χ0v) is 12.7. The minimum absolute atomic E-state index is 0.0255. The number of benzene rings is 1. The maximum absolute atomic E-state index is 12.1. The van der Waals surface area contributed by atoms with Crippen LogP contribution in [0.4, 0.5) is 5.69 Å². The summed E-state index contributed by atoms with van der Waals surface area (Å²) in [5.41, 5.74) is 0.244. The van der Waals surface area contributed by atoms with Crippen LogP contribution in [0.5, 0.6) is 0 Å². The molecule has 8 nitrogen and oxygen atoms in total. The van der Waals surface area contributed by atoms with Crippen LogP contribution in [0, 0.1) is 10.1 Å². The Morgan fingerprint density at radius 1 is 1.48 bits per heavy atom. The summed E-state index contributed by atoms with van der Waals surface area (Å²) >= 11 is 0. The van der Waals surface area contributed by atoms with Crippen LogP contribution in [0.2, 0.25) is 0 Å². The van der Waals surface area contributed by atoms with Gasteiger partial charge in [-0.05, 0) is 12.8 Å². The number of carbonyl (C=O) groups is 2. The van der Waals surface area contributed by atoms with Gasteiger partial charge in [-0.25, -0.2) is 4.79 Å². The van der Waals surface area contributed by atoms with Crippen LogP contribution in [-0.2, 0) is 25.5 Å². The van der Waals surface area contributed by atoms with Crippen LogP contribution >= 0.6 is 0 Å². The van der Waals surface area contributed by atoms with E-state index in [1.807, 2.05) is 0 Å². The highest BCUT2D eigenvalue weighted by molar-refractivity contribution is 5.87. The molecule has 2 rings (SSSR count). The number of nitrogens with zero attached hydrogens (tertiary/aromatic N) is 1. The fraction of sp³-hybridized carbons (Fsp3) is 0.467. The van der Waals surface area contributed by atoms with E-state index in [1.54, 1.807) is 18.2 Å². The molecule has 0 bridgehead atoms. The highest BCUT2D eigenvalue weighted by Crippen LogP contribution is 2.20. The molecule has 0 spiro atoms. The van der Waals surface area contributed by atoms with Crippen molar-refractivity contribution in [2.24, 2.45) is 0 Å². The molecule has 23 heavy (non-hydrogen) atoms. The van der Waals surface area contributed by atoms with E-state index in [0.29, 0.717) is 18.6 Å². The van der Waals surface area contributed by atoms with Gasteiger partial charge in [0.05, 0.1) is 12.0 Å². The fourth-order valence-corrected chi connectivity index (χ4v) is 2.47. The number of nitrogens with one attached hydrogen (secondary N) is 1. The molecule has 8 heteroatoms. The summed E-state index contributed by atoms with van der Waals surface area (Å²) in [7, 11) is 1.20. The molecule has 1 fully saturated rings. The number of ether oxygens (including phenoxy) is 2. The number of rotatable bonds is 6. The minimum atomic E-state index is -1.00. The van der Waals surface area contributed by atoms with E-state index in [9.17, 15) is 19.7 Å². The summed E-state index contributed by atoms with van der Waals surface area (Å²) in [5, 5.41) is 13.6.